The number of morpholine rings is 1. The average Bonchev–Trinajstić information content (AvgIpc) is 3.25. The third-order valence-corrected chi connectivity index (χ3v) is 6.09. The van der Waals surface area contributed by atoms with Crippen LogP contribution in [0.5, 0.6) is 0 Å². The Bertz CT molecular complexity index is 1070. The van der Waals surface area contributed by atoms with Gasteiger partial charge < -0.3 is 30.7 Å². The lowest BCUT2D eigenvalue weighted by atomic mass is 9.99. The Labute approximate surface area is 192 Å². The zero-order chi connectivity index (χ0) is 22.6. The SMILES string of the molecule is Nc1nc(Nc2ccc(N3CCOCC3)cc2)nn1-c1cc(N2CCC[C@H](CO)C2)ncn1. The fourth-order valence-electron chi connectivity index (χ4n) is 4.30. The van der Waals surface area contributed by atoms with Crippen molar-refractivity contribution in [1.29, 1.82) is 0 Å². The third kappa shape index (κ3) is 4.83. The molecule has 2 fully saturated rings. The van der Waals surface area contributed by atoms with Gasteiger partial charge in [-0.3, -0.25) is 0 Å². The van der Waals surface area contributed by atoms with Crippen LogP contribution in [0, 0.1) is 5.92 Å². The number of benzene rings is 1. The number of aliphatic hydroxyl groups is 1. The van der Waals surface area contributed by atoms with Crippen molar-refractivity contribution >= 4 is 29.1 Å². The number of nitrogens with zero attached hydrogens (tertiary/aromatic N) is 7. The molecule has 0 amide bonds. The molecule has 0 saturated carbocycles. The smallest absolute Gasteiger partial charge is 0.248 e. The van der Waals surface area contributed by atoms with Crippen molar-refractivity contribution in [1.82, 2.24) is 24.7 Å². The molecule has 0 unspecified atom stereocenters. The molecule has 11 nitrogen and oxygen atoms in total. The van der Waals surface area contributed by atoms with E-state index in [2.05, 4.69) is 47.3 Å². The molecule has 4 N–H and O–H groups in total. The number of aromatic nitrogens is 5. The first-order valence-electron chi connectivity index (χ1n) is 11.3. The topological polar surface area (TPSA) is 130 Å². The van der Waals surface area contributed by atoms with Crippen LogP contribution >= 0.6 is 0 Å². The molecule has 0 aliphatic carbocycles. The second kappa shape index (κ2) is 9.59. The van der Waals surface area contributed by atoms with Gasteiger partial charge in [-0.05, 0) is 43.0 Å². The molecule has 0 radical (unpaired) electrons. The van der Waals surface area contributed by atoms with Gasteiger partial charge in [0.15, 0.2) is 5.82 Å². The summed E-state index contributed by atoms with van der Waals surface area (Å²) in [6.07, 6.45) is 3.56. The molecule has 2 aromatic heterocycles. The maximum absolute atomic E-state index is 9.52. The van der Waals surface area contributed by atoms with Crippen molar-refractivity contribution < 1.29 is 9.84 Å². The Morgan fingerprint density at radius 1 is 1.06 bits per heavy atom. The molecule has 174 valence electrons. The van der Waals surface area contributed by atoms with E-state index in [0.29, 0.717) is 11.8 Å². The normalized spacial score (nSPS) is 19.0. The van der Waals surface area contributed by atoms with Crippen LogP contribution < -0.4 is 20.9 Å². The van der Waals surface area contributed by atoms with Crippen LogP contribution in [0.4, 0.5) is 29.1 Å². The fraction of sp³-hybridized carbons (Fsp3) is 0.455. The number of nitrogens with two attached hydrogens (primary N) is 1. The molecule has 3 aromatic rings. The first-order valence-corrected chi connectivity index (χ1v) is 11.3. The Morgan fingerprint density at radius 3 is 2.64 bits per heavy atom. The van der Waals surface area contributed by atoms with Gasteiger partial charge in [0.1, 0.15) is 12.1 Å². The van der Waals surface area contributed by atoms with Gasteiger partial charge in [0.2, 0.25) is 11.9 Å². The second-order valence-corrected chi connectivity index (χ2v) is 8.35. The maximum atomic E-state index is 9.52. The van der Waals surface area contributed by atoms with E-state index in [9.17, 15) is 5.11 Å². The van der Waals surface area contributed by atoms with E-state index in [1.807, 2.05) is 18.2 Å². The summed E-state index contributed by atoms with van der Waals surface area (Å²) in [6, 6.07) is 9.99. The van der Waals surface area contributed by atoms with Gasteiger partial charge in [-0.2, -0.15) is 9.67 Å². The van der Waals surface area contributed by atoms with Gasteiger partial charge in [-0.15, -0.1) is 5.10 Å². The Morgan fingerprint density at radius 2 is 1.85 bits per heavy atom. The summed E-state index contributed by atoms with van der Waals surface area (Å²) in [5.74, 6) is 2.23. The van der Waals surface area contributed by atoms with E-state index < -0.39 is 0 Å². The first kappa shape index (κ1) is 21.4. The summed E-state index contributed by atoms with van der Waals surface area (Å²) >= 11 is 0. The first-order chi connectivity index (χ1) is 16.2. The van der Waals surface area contributed by atoms with Crippen LogP contribution in [-0.4, -0.2) is 75.8 Å². The van der Waals surface area contributed by atoms with E-state index in [1.54, 1.807) is 0 Å². The van der Waals surface area contributed by atoms with E-state index in [4.69, 9.17) is 10.5 Å². The number of rotatable bonds is 6. The number of anilines is 5. The van der Waals surface area contributed by atoms with E-state index in [0.717, 1.165) is 69.4 Å². The van der Waals surface area contributed by atoms with Crippen LogP contribution in [-0.2, 0) is 4.74 Å². The number of nitrogen functional groups attached to an aromatic ring is 1. The molecule has 2 aliphatic heterocycles. The molecule has 5 rings (SSSR count). The van der Waals surface area contributed by atoms with Gasteiger partial charge in [0, 0.05) is 50.2 Å². The van der Waals surface area contributed by atoms with Gasteiger partial charge >= 0.3 is 0 Å². The van der Waals surface area contributed by atoms with Crippen molar-refractivity contribution in [3.63, 3.8) is 0 Å². The van der Waals surface area contributed by atoms with Crippen LogP contribution in [0.25, 0.3) is 5.82 Å². The van der Waals surface area contributed by atoms with Gasteiger partial charge in [-0.25, -0.2) is 9.97 Å². The van der Waals surface area contributed by atoms with E-state index in [1.165, 1.54) is 11.0 Å². The van der Waals surface area contributed by atoms with Crippen molar-refractivity contribution in [2.45, 2.75) is 12.8 Å². The summed E-state index contributed by atoms with van der Waals surface area (Å²) in [5, 5.41) is 17.2. The fourth-order valence-corrected chi connectivity index (χ4v) is 4.30. The van der Waals surface area contributed by atoms with Crippen molar-refractivity contribution in [3.05, 3.63) is 36.7 Å². The molecule has 2 aliphatic rings. The summed E-state index contributed by atoms with van der Waals surface area (Å²) in [5.41, 5.74) is 8.18. The molecule has 1 aromatic carbocycles. The number of hydrogen-bond donors (Lipinski definition) is 3. The molecule has 0 spiro atoms. The second-order valence-electron chi connectivity index (χ2n) is 8.35. The Balaban J connectivity index is 1.30. The third-order valence-electron chi connectivity index (χ3n) is 6.09. The van der Waals surface area contributed by atoms with E-state index in [-0.39, 0.29) is 18.5 Å². The average molecular weight is 452 g/mol. The van der Waals surface area contributed by atoms with Crippen LogP contribution in [0.15, 0.2) is 36.7 Å². The van der Waals surface area contributed by atoms with Crippen molar-refractivity contribution in [3.8, 4) is 5.82 Å². The highest BCUT2D eigenvalue weighted by molar-refractivity contribution is 5.60. The molecule has 0 bridgehead atoms. The summed E-state index contributed by atoms with van der Waals surface area (Å²) in [6.45, 7) is 5.16. The van der Waals surface area contributed by atoms with Crippen LogP contribution in [0.1, 0.15) is 12.8 Å². The minimum absolute atomic E-state index is 0.187. The van der Waals surface area contributed by atoms with Gasteiger partial charge in [0.25, 0.3) is 0 Å². The molecular weight excluding hydrogens is 422 g/mol. The quantitative estimate of drug-likeness (QED) is 0.506. The number of piperidine rings is 1. The number of ether oxygens (including phenoxy) is 1. The lowest BCUT2D eigenvalue weighted by molar-refractivity contribution is 0.122. The monoisotopic (exact) mass is 451 g/mol. The van der Waals surface area contributed by atoms with Crippen LogP contribution in [0.3, 0.4) is 0 Å². The highest BCUT2D eigenvalue weighted by atomic mass is 16.5. The van der Waals surface area contributed by atoms with Gasteiger partial charge in [0.05, 0.1) is 13.2 Å². The lowest BCUT2D eigenvalue weighted by Gasteiger charge is -2.32. The summed E-state index contributed by atoms with van der Waals surface area (Å²) in [4.78, 5) is 17.6. The number of nitrogens with one attached hydrogen (secondary N) is 1. The van der Waals surface area contributed by atoms with Gasteiger partial charge in [-0.1, -0.05) is 0 Å². The standard InChI is InChI=1S/C22H29N9O2/c23-21-27-22(26-17-3-5-18(6-4-17)29-8-10-33-11-9-29)28-31(21)20-12-19(24-15-25-20)30-7-1-2-16(13-30)14-32/h3-6,12,15-16,32H,1-2,7-11,13-14H2,(H3,23,26,27,28)/t16-/m0/s1. The largest absolute Gasteiger partial charge is 0.396 e. The van der Waals surface area contributed by atoms with Crippen molar-refractivity contribution in [2.75, 3.05) is 66.8 Å². The molecular formula is C22H29N9O2. The zero-order valence-electron chi connectivity index (χ0n) is 18.5. The predicted molar refractivity (Wildman–Crippen MR) is 126 cm³/mol. The minimum atomic E-state index is 0.187. The number of hydrogen-bond acceptors (Lipinski definition) is 10. The minimum Gasteiger partial charge on any atom is -0.396 e. The molecule has 33 heavy (non-hydrogen) atoms. The highest BCUT2D eigenvalue weighted by Gasteiger charge is 2.21. The molecule has 4 heterocycles. The molecule has 11 heteroatoms. The summed E-state index contributed by atoms with van der Waals surface area (Å²) < 4.78 is 6.92. The highest BCUT2D eigenvalue weighted by Crippen LogP contribution is 2.24. The predicted octanol–water partition coefficient (Wildman–Crippen LogP) is 1.43. The Kier molecular flexibility index (Phi) is 6.22. The maximum Gasteiger partial charge on any atom is 0.248 e. The Hall–Kier alpha value is -3.44. The number of aliphatic hydroxyl groups excluding tert-OH is 1. The lowest BCUT2D eigenvalue weighted by Crippen LogP contribution is -2.37. The van der Waals surface area contributed by atoms with Crippen molar-refractivity contribution in [2.24, 2.45) is 5.92 Å². The molecule has 2 saturated heterocycles. The summed E-state index contributed by atoms with van der Waals surface area (Å²) in [7, 11) is 0. The van der Waals surface area contributed by atoms with Crippen LogP contribution in [0.2, 0.25) is 0 Å². The van der Waals surface area contributed by atoms with E-state index >= 15 is 0 Å². The zero-order valence-corrected chi connectivity index (χ0v) is 18.5. The molecule has 1 atom stereocenters.